The lowest BCUT2D eigenvalue weighted by molar-refractivity contribution is -0.122. The normalized spacial score (nSPS) is 13.9. The summed E-state index contributed by atoms with van der Waals surface area (Å²) >= 11 is 1.47. The van der Waals surface area contributed by atoms with Gasteiger partial charge in [-0.25, -0.2) is 4.39 Å². The maximum atomic E-state index is 12.8. The molecule has 7 heteroatoms. The highest BCUT2D eigenvalue weighted by molar-refractivity contribution is 7.15. The fourth-order valence-electron chi connectivity index (χ4n) is 2.02. The molecule has 3 rings (SSSR count). The highest BCUT2D eigenvalue weighted by Gasteiger charge is 2.28. The zero-order chi connectivity index (χ0) is 15.4. The Labute approximate surface area is 132 Å². The van der Waals surface area contributed by atoms with Gasteiger partial charge in [-0.05, 0) is 30.5 Å². The number of aromatic nitrogens is 2. The van der Waals surface area contributed by atoms with Crippen LogP contribution in [0.25, 0.3) is 0 Å². The van der Waals surface area contributed by atoms with E-state index < -0.39 is 0 Å². The standard InChI is InChI=1S/C15H17FN4OS/c16-12-5-1-10(2-6-12)9-13-19-20-15(22-13)18-8-7-17-14(21)11-3-4-11/h1-2,5-6,11H,3-4,7-9H2,(H,17,21)(H,18,20). The van der Waals surface area contributed by atoms with Crippen molar-refractivity contribution in [2.75, 3.05) is 18.4 Å². The molecule has 22 heavy (non-hydrogen) atoms. The van der Waals surface area contributed by atoms with Crippen LogP contribution in [-0.2, 0) is 11.2 Å². The molecule has 2 aromatic rings. The van der Waals surface area contributed by atoms with E-state index in [1.54, 1.807) is 12.1 Å². The third kappa shape index (κ3) is 4.24. The Kier molecular flexibility index (Phi) is 4.62. The Morgan fingerprint density at radius 3 is 2.73 bits per heavy atom. The number of hydrogen-bond donors (Lipinski definition) is 2. The van der Waals surface area contributed by atoms with E-state index in [1.807, 2.05) is 0 Å². The number of rotatable bonds is 7. The van der Waals surface area contributed by atoms with E-state index in [9.17, 15) is 9.18 Å². The van der Waals surface area contributed by atoms with Crippen molar-refractivity contribution in [2.45, 2.75) is 19.3 Å². The van der Waals surface area contributed by atoms with Crippen LogP contribution in [0.1, 0.15) is 23.4 Å². The summed E-state index contributed by atoms with van der Waals surface area (Å²) in [7, 11) is 0. The van der Waals surface area contributed by atoms with Gasteiger partial charge < -0.3 is 10.6 Å². The van der Waals surface area contributed by atoms with Gasteiger partial charge in [-0.1, -0.05) is 23.5 Å². The van der Waals surface area contributed by atoms with E-state index in [-0.39, 0.29) is 17.6 Å². The number of benzene rings is 1. The maximum absolute atomic E-state index is 12.8. The summed E-state index contributed by atoms with van der Waals surface area (Å²) in [6.07, 6.45) is 2.67. The third-order valence-corrected chi connectivity index (χ3v) is 4.27. The van der Waals surface area contributed by atoms with Crippen molar-refractivity contribution >= 4 is 22.4 Å². The second-order valence-electron chi connectivity index (χ2n) is 5.30. The predicted octanol–water partition coefficient (Wildman–Crippen LogP) is 2.21. The van der Waals surface area contributed by atoms with Gasteiger partial charge in [-0.15, -0.1) is 10.2 Å². The Morgan fingerprint density at radius 2 is 2.00 bits per heavy atom. The number of nitrogens with zero attached hydrogens (tertiary/aromatic N) is 2. The zero-order valence-corrected chi connectivity index (χ0v) is 12.8. The van der Waals surface area contributed by atoms with Crippen LogP contribution in [0.2, 0.25) is 0 Å². The molecule has 0 bridgehead atoms. The molecule has 0 aliphatic heterocycles. The smallest absolute Gasteiger partial charge is 0.223 e. The number of carbonyl (C=O) groups excluding carboxylic acids is 1. The van der Waals surface area contributed by atoms with Gasteiger partial charge in [0.25, 0.3) is 0 Å². The van der Waals surface area contributed by atoms with Crippen LogP contribution < -0.4 is 10.6 Å². The van der Waals surface area contributed by atoms with Crippen molar-refractivity contribution in [1.29, 1.82) is 0 Å². The van der Waals surface area contributed by atoms with Crippen LogP contribution in [0.15, 0.2) is 24.3 Å². The molecule has 1 aliphatic carbocycles. The van der Waals surface area contributed by atoms with Crippen molar-refractivity contribution in [1.82, 2.24) is 15.5 Å². The molecule has 0 spiro atoms. The highest BCUT2D eigenvalue weighted by atomic mass is 32.1. The number of carbonyl (C=O) groups is 1. The van der Waals surface area contributed by atoms with Crippen molar-refractivity contribution in [2.24, 2.45) is 5.92 Å². The minimum Gasteiger partial charge on any atom is -0.358 e. The molecule has 0 radical (unpaired) electrons. The molecule has 5 nitrogen and oxygen atoms in total. The third-order valence-electron chi connectivity index (χ3n) is 3.38. The summed E-state index contributed by atoms with van der Waals surface area (Å²) < 4.78 is 12.8. The first-order chi connectivity index (χ1) is 10.7. The quantitative estimate of drug-likeness (QED) is 0.768. The summed E-state index contributed by atoms with van der Waals surface area (Å²) in [5.74, 6) is 0.150. The first-order valence-electron chi connectivity index (χ1n) is 7.29. The lowest BCUT2D eigenvalue weighted by Crippen LogP contribution is -2.29. The first kappa shape index (κ1) is 14.9. The average Bonchev–Trinajstić information content (AvgIpc) is 3.28. The van der Waals surface area contributed by atoms with Gasteiger partial charge in [-0.2, -0.15) is 0 Å². The lowest BCUT2D eigenvalue weighted by atomic mass is 10.2. The van der Waals surface area contributed by atoms with E-state index in [0.29, 0.717) is 19.5 Å². The summed E-state index contributed by atoms with van der Waals surface area (Å²) in [6, 6.07) is 6.38. The number of halogens is 1. The molecule has 0 saturated heterocycles. The second-order valence-corrected chi connectivity index (χ2v) is 6.36. The largest absolute Gasteiger partial charge is 0.358 e. The van der Waals surface area contributed by atoms with Crippen molar-refractivity contribution in [3.63, 3.8) is 0 Å². The molecule has 116 valence electrons. The maximum Gasteiger partial charge on any atom is 0.223 e. The van der Waals surface area contributed by atoms with Gasteiger partial charge in [0.15, 0.2) is 0 Å². The fourth-order valence-corrected chi connectivity index (χ4v) is 2.82. The average molecular weight is 320 g/mol. The van der Waals surface area contributed by atoms with Gasteiger partial charge >= 0.3 is 0 Å². The van der Waals surface area contributed by atoms with E-state index in [0.717, 1.165) is 28.5 Å². The van der Waals surface area contributed by atoms with E-state index in [4.69, 9.17) is 0 Å². The fraction of sp³-hybridized carbons (Fsp3) is 0.400. The van der Waals surface area contributed by atoms with Crippen LogP contribution in [0, 0.1) is 11.7 Å². The van der Waals surface area contributed by atoms with Gasteiger partial charge in [0, 0.05) is 25.4 Å². The number of hydrogen-bond acceptors (Lipinski definition) is 5. The second kappa shape index (κ2) is 6.83. The zero-order valence-electron chi connectivity index (χ0n) is 12.0. The molecule has 0 atom stereocenters. The lowest BCUT2D eigenvalue weighted by Gasteiger charge is -2.04. The SMILES string of the molecule is O=C(NCCNc1nnc(Cc2ccc(F)cc2)s1)C1CC1. The molecule has 1 fully saturated rings. The van der Waals surface area contributed by atoms with Gasteiger partial charge in [-0.3, -0.25) is 4.79 Å². The van der Waals surface area contributed by atoms with Gasteiger partial charge in [0.2, 0.25) is 11.0 Å². The van der Waals surface area contributed by atoms with Gasteiger partial charge in [0.05, 0.1) is 0 Å². The number of nitrogens with one attached hydrogen (secondary N) is 2. The first-order valence-corrected chi connectivity index (χ1v) is 8.11. The van der Waals surface area contributed by atoms with Crippen molar-refractivity contribution in [3.05, 3.63) is 40.7 Å². The van der Waals surface area contributed by atoms with Crippen molar-refractivity contribution < 1.29 is 9.18 Å². The highest BCUT2D eigenvalue weighted by Crippen LogP contribution is 2.28. The van der Waals surface area contributed by atoms with E-state index in [1.165, 1.54) is 23.5 Å². The molecule has 1 amide bonds. The topological polar surface area (TPSA) is 66.9 Å². The molecule has 1 heterocycles. The van der Waals surface area contributed by atoms with E-state index in [2.05, 4.69) is 20.8 Å². The molecular weight excluding hydrogens is 303 g/mol. The molecule has 1 saturated carbocycles. The minimum absolute atomic E-state index is 0.149. The number of anilines is 1. The molecule has 1 aliphatic rings. The minimum atomic E-state index is -0.239. The van der Waals surface area contributed by atoms with Crippen LogP contribution in [0.4, 0.5) is 9.52 Å². The molecule has 2 N–H and O–H groups in total. The van der Waals surface area contributed by atoms with Crippen LogP contribution in [0.3, 0.4) is 0 Å². The van der Waals surface area contributed by atoms with Gasteiger partial charge in [0.1, 0.15) is 10.8 Å². The molecule has 0 unspecified atom stereocenters. The molecule has 1 aromatic heterocycles. The Bertz CT molecular complexity index is 639. The van der Waals surface area contributed by atoms with Crippen LogP contribution >= 0.6 is 11.3 Å². The monoisotopic (exact) mass is 320 g/mol. The Morgan fingerprint density at radius 1 is 1.23 bits per heavy atom. The van der Waals surface area contributed by atoms with Crippen LogP contribution in [-0.4, -0.2) is 29.2 Å². The van der Waals surface area contributed by atoms with E-state index >= 15 is 0 Å². The van der Waals surface area contributed by atoms with Crippen LogP contribution in [0.5, 0.6) is 0 Å². The number of amides is 1. The Balaban J connectivity index is 1.42. The summed E-state index contributed by atoms with van der Waals surface area (Å²) in [5.41, 5.74) is 1.00. The molecule has 1 aromatic carbocycles. The molecular formula is C15H17FN4OS. The summed E-state index contributed by atoms with van der Waals surface area (Å²) in [4.78, 5) is 11.5. The summed E-state index contributed by atoms with van der Waals surface area (Å²) in [5, 5.41) is 15.8. The Hall–Kier alpha value is -2.02. The summed E-state index contributed by atoms with van der Waals surface area (Å²) in [6.45, 7) is 1.21. The van der Waals surface area contributed by atoms with Crippen molar-refractivity contribution in [3.8, 4) is 0 Å². The predicted molar refractivity (Wildman–Crippen MR) is 83.3 cm³/mol.